The van der Waals surface area contributed by atoms with Crippen LogP contribution in [-0.4, -0.2) is 35.5 Å². The van der Waals surface area contributed by atoms with Crippen molar-refractivity contribution in [2.45, 2.75) is 0 Å². The van der Waals surface area contributed by atoms with Gasteiger partial charge >= 0.3 is 0 Å². The molecule has 0 radical (unpaired) electrons. The van der Waals surface area contributed by atoms with E-state index < -0.39 is 5.91 Å². The van der Waals surface area contributed by atoms with Crippen LogP contribution in [-0.2, 0) is 0 Å². The summed E-state index contributed by atoms with van der Waals surface area (Å²) in [4.78, 5) is 12.5. The summed E-state index contributed by atoms with van der Waals surface area (Å²) in [7, 11) is 3.03. The third-order valence-electron chi connectivity index (χ3n) is 3.48. The van der Waals surface area contributed by atoms with Crippen LogP contribution in [0.25, 0.3) is 0 Å². The second-order valence-electron chi connectivity index (χ2n) is 5.21. The number of nitrogens with zero attached hydrogens (tertiary/aromatic N) is 2. The monoisotopic (exact) mass is 357 g/mol. The van der Waals surface area contributed by atoms with Gasteiger partial charge in [-0.2, -0.15) is 5.21 Å². The fourth-order valence-electron chi connectivity index (χ4n) is 2.22. The van der Waals surface area contributed by atoms with Crippen LogP contribution >= 0.6 is 0 Å². The Labute approximate surface area is 148 Å². The van der Waals surface area contributed by atoms with Crippen LogP contribution in [0.2, 0.25) is 0 Å². The average molecular weight is 357 g/mol. The molecule has 26 heavy (non-hydrogen) atoms. The number of halogens is 1. The predicted molar refractivity (Wildman–Crippen MR) is 93.6 cm³/mol. The van der Waals surface area contributed by atoms with E-state index in [0.29, 0.717) is 22.9 Å². The van der Waals surface area contributed by atoms with E-state index in [9.17, 15) is 9.18 Å². The molecule has 0 atom stereocenters. The zero-order chi connectivity index (χ0) is 18.5. The van der Waals surface area contributed by atoms with Crippen molar-refractivity contribution in [2.24, 2.45) is 0 Å². The third kappa shape index (κ3) is 3.89. The number of rotatable bonds is 6. The van der Waals surface area contributed by atoms with Crippen molar-refractivity contribution in [1.82, 2.24) is 15.4 Å². The van der Waals surface area contributed by atoms with Gasteiger partial charge in [0, 0.05) is 29.6 Å². The van der Waals surface area contributed by atoms with E-state index in [0.717, 1.165) is 0 Å². The summed E-state index contributed by atoms with van der Waals surface area (Å²) in [6.07, 6.45) is 0. The van der Waals surface area contributed by atoms with Gasteiger partial charge in [0.1, 0.15) is 17.3 Å². The van der Waals surface area contributed by atoms with Crippen molar-refractivity contribution < 1.29 is 18.7 Å². The van der Waals surface area contributed by atoms with Gasteiger partial charge < -0.3 is 20.1 Å². The lowest BCUT2D eigenvalue weighted by molar-refractivity contribution is 0.102. The van der Waals surface area contributed by atoms with Crippen LogP contribution in [0.3, 0.4) is 0 Å². The van der Waals surface area contributed by atoms with E-state index in [4.69, 9.17) is 9.47 Å². The summed E-state index contributed by atoms with van der Waals surface area (Å²) < 4.78 is 23.3. The lowest BCUT2D eigenvalue weighted by Crippen LogP contribution is -2.14. The molecule has 3 rings (SSSR count). The molecule has 134 valence electrons. The molecule has 0 fully saturated rings. The number of nitrogens with one attached hydrogen (secondary N) is 3. The lowest BCUT2D eigenvalue weighted by atomic mass is 10.2. The van der Waals surface area contributed by atoms with Gasteiger partial charge in [-0.05, 0) is 24.3 Å². The second-order valence-corrected chi connectivity index (χ2v) is 5.21. The quantitative estimate of drug-likeness (QED) is 0.627. The van der Waals surface area contributed by atoms with Crippen LogP contribution in [0.15, 0.2) is 42.5 Å². The van der Waals surface area contributed by atoms with Gasteiger partial charge in [0.05, 0.1) is 14.2 Å². The zero-order valence-corrected chi connectivity index (χ0v) is 14.0. The first-order chi connectivity index (χ1) is 12.6. The van der Waals surface area contributed by atoms with Crippen molar-refractivity contribution in [1.29, 1.82) is 0 Å². The molecule has 1 amide bonds. The van der Waals surface area contributed by atoms with Crippen molar-refractivity contribution in [3.8, 4) is 11.5 Å². The maximum Gasteiger partial charge on any atom is 0.280 e. The van der Waals surface area contributed by atoms with E-state index in [1.165, 1.54) is 38.5 Å². The van der Waals surface area contributed by atoms with Gasteiger partial charge in [0.2, 0.25) is 0 Å². The van der Waals surface area contributed by atoms with Crippen molar-refractivity contribution in [3.05, 3.63) is 54.0 Å². The van der Waals surface area contributed by atoms with E-state index in [1.807, 2.05) is 0 Å². The number of ether oxygens (including phenoxy) is 2. The molecule has 0 unspecified atom stereocenters. The number of hydrogen-bond donors (Lipinski definition) is 3. The van der Waals surface area contributed by atoms with Gasteiger partial charge in [-0.3, -0.25) is 4.79 Å². The van der Waals surface area contributed by atoms with Crippen molar-refractivity contribution in [2.75, 3.05) is 24.9 Å². The molecule has 0 aliphatic heterocycles. The number of carbonyl (C=O) groups is 1. The van der Waals surface area contributed by atoms with Crippen LogP contribution in [0, 0.1) is 5.82 Å². The number of methoxy groups -OCH3 is 2. The Balaban J connectivity index is 1.79. The minimum atomic E-state index is -0.487. The number of aromatic nitrogens is 3. The molecule has 1 aromatic heterocycles. The molecule has 1 heterocycles. The fourth-order valence-corrected chi connectivity index (χ4v) is 2.22. The molecule has 0 saturated carbocycles. The summed E-state index contributed by atoms with van der Waals surface area (Å²) in [5.74, 6) is 0.428. The summed E-state index contributed by atoms with van der Waals surface area (Å²) >= 11 is 0. The highest BCUT2D eigenvalue weighted by atomic mass is 19.1. The molecule has 0 aliphatic rings. The zero-order valence-electron chi connectivity index (χ0n) is 14.0. The third-order valence-corrected chi connectivity index (χ3v) is 3.48. The Hall–Kier alpha value is -3.62. The van der Waals surface area contributed by atoms with E-state index in [2.05, 4.69) is 26.0 Å². The lowest BCUT2D eigenvalue weighted by Gasteiger charge is -2.10. The molecule has 2 aromatic carbocycles. The number of carbonyl (C=O) groups excluding carboxylic acids is 1. The molecule has 0 bridgehead atoms. The minimum Gasteiger partial charge on any atom is -0.497 e. The Morgan fingerprint density at radius 3 is 2.27 bits per heavy atom. The molecular formula is C17H16FN5O3. The van der Waals surface area contributed by atoms with Gasteiger partial charge in [-0.15, -0.1) is 10.2 Å². The Kier molecular flexibility index (Phi) is 4.97. The summed E-state index contributed by atoms with van der Waals surface area (Å²) in [5, 5.41) is 15.8. The summed E-state index contributed by atoms with van der Waals surface area (Å²) in [6, 6.07) is 10.6. The standard InChI is InChI=1S/C17H16FN5O3/c1-25-13-7-12(8-14(9-13)26-2)20-17(24)15-16(22-23-21-15)19-11-5-3-10(18)4-6-11/h3-9H,1-2H3,(H,20,24)(H2,19,21,22,23). The Bertz CT molecular complexity index is 889. The largest absolute Gasteiger partial charge is 0.497 e. The highest BCUT2D eigenvalue weighted by molar-refractivity contribution is 6.06. The van der Waals surface area contributed by atoms with E-state index in [1.54, 1.807) is 18.2 Å². The number of aromatic amines is 1. The van der Waals surface area contributed by atoms with Gasteiger partial charge in [0.15, 0.2) is 11.5 Å². The molecule has 8 nitrogen and oxygen atoms in total. The predicted octanol–water partition coefficient (Wildman–Crippen LogP) is 2.96. The SMILES string of the molecule is COc1cc(NC(=O)c2n[nH]nc2Nc2ccc(F)cc2)cc(OC)c1. The summed E-state index contributed by atoms with van der Waals surface area (Å²) in [6.45, 7) is 0. The number of hydrogen-bond acceptors (Lipinski definition) is 6. The van der Waals surface area contributed by atoms with Crippen LogP contribution < -0.4 is 20.1 Å². The molecule has 0 saturated heterocycles. The van der Waals surface area contributed by atoms with E-state index in [-0.39, 0.29) is 17.3 Å². The van der Waals surface area contributed by atoms with Gasteiger partial charge in [-0.25, -0.2) is 4.39 Å². The average Bonchev–Trinajstić information content (AvgIpc) is 3.11. The van der Waals surface area contributed by atoms with Crippen molar-refractivity contribution >= 4 is 23.1 Å². The molecule has 9 heteroatoms. The van der Waals surface area contributed by atoms with Crippen LogP contribution in [0.1, 0.15) is 10.5 Å². The normalized spacial score (nSPS) is 10.3. The molecular weight excluding hydrogens is 341 g/mol. The number of H-pyrrole nitrogens is 1. The molecule has 3 N–H and O–H groups in total. The first-order valence-electron chi connectivity index (χ1n) is 7.57. The minimum absolute atomic E-state index is 0.0520. The topological polar surface area (TPSA) is 101 Å². The second kappa shape index (κ2) is 7.51. The maximum atomic E-state index is 13.0. The molecule has 3 aromatic rings. The highest BCUT2D eigenvalue weighted by Crippen LogP contribution is 2.26. The van der Waals surface area contributed by atoms with Crippen molar-refractivity contribution in [3.63, 3.8) is 0 Å². The summed E-state index contributed by atoms with van der Waals surface area (Å²) in [5.41, 5.74) is 1.09. The number of anilines is 3. The van der Waals surface area contributed by atoms with Crippen LogP contribution in [0.4, 0.5) is 21.6 Å². The highest BCUT2D eigenvalue weighted by Gasteiger charge is 2.17. The smallest absolute Gasteiger partial charge is 0.280 e. The Morgan fingerprint density at radius 1 is 1.00 bits per heavy atom. The Morgan fingerprint density at radius 2 is 1.65 bits per heavy atom. The van der Waals surface area contributed by atoms with Crippen LogP contribution in [0.5, 0.6) is 11.5 Å². The molecule has 0 aliphatic carbocycles. The fraction of sp³-hybridized carbons (Fsp3) is 0.118. The van der Waals surface area contributed by atoms with E-state index >= 15 is 0 Å². The number of amides is 1. The first kappa shape index (κ1) is 17.2. The molecule has 0 spiro atoms. The van der Waals surface area contributed by atoms with Gasteiger partial charge in [-0.1, -0.05) is 0 Å². The number of benzene rings is 2. The maximum absolute atomic E-state index is 13.0. The first-order valence-corrected chi connectivity index (χ1v) is 7.57. The van der Waals surface area contributed by atoms with Gasteiger partial charge in [0.25, 0.3) is 5.91 Å².